The third kappa shape index (κ3) is 2.51. The van der Waals surface area contributed by atoms with Gasteiger partial charge in [-0.3, -0.25) is 0 Å². The average Bonchev–Trinajstić information content (AvgIpc) is 3.29. The van der Waals surface area contributed by atoms with Gasteiger partial charge in [0.15, 0.2) is 0 Å². The highest BCUT2D eigenvalue weighted by atomic mass is 32.1. The van der Waals surface area contributed by atoms with Crippen LogP contribution in [0, 0.1) is 0 Å². The molecule has 0 aliphatic heterocycles. The quantitative estimate of drug-likeness (QED) is 0.360. The second kappa shape index (κ2) is 6.54. The summed E-state index contributed by atoms with van der Waals surface area (Å²) >= 11 is 3.72. The van der Waals surface area contributed by atoms with Gasteiger partial charge >= 0.3 is 0 Å². The van der Waals surface area contributed by atoms with Gasteiger partial charge in [-0.25, -0.2) is 0 Å². The van der Waals surface area contributed by atoms with Crippen LogP contribution in [0.3, 0.4) is 0 Å². The first-order chi connectivity index (χ1) is 11.8. The van der Waals surface area contributed by atoms with E-state index in [1.165, 1.54) is 42.8 Å². The lowest BCUT2D eigenvalue weighted by atomic mass is 9.94. The molecule has 2 aromatic carbocycles. The molecule has 0 atom stereocenters. The Hall–Kier alpha value is -1.90. The Kier molecular flexibility index (Phi) is 4.26. The molecular weight excluding hydrogens is 328 g/mol. The van der Waals surface area contributed by atoms with Crippen molar-refractivity contribution < 1.29 is 0 Å². The molecular formula is C22H20S2. The summed E-state index contributed by atoms with van der Waals surface area (Å²) in [7, 11) is 0. The second-order valence-corrected chi connectivity index (χ2v) is 7.80. The van der Waals surface area contributed by atoms with Gasteiger partial charge in [-0.05, 0) is 57.6 Å². The van der Waals surface area contributed by atoms with Gasteiger partial charge in [0.1, 0.15) is 0 Å². The van der Waals surface area contributed by atoms with E-state index in [2.05, 4.69) is 73.1 Å². The molecule has 0 aliphatic carbocycles. The molecule has 120 valence electrons. The molecule has 0 bridgehead atoms. The highest BCUT2D eigenvalue weighted by Gasteiger charge is 2.15. The number of aryl methyl sites for hydroxylation is 2. The molecule has 0 spiro atoms. The fourth-order valence-corrected chi connectivity index (χ4v) is 5.48. The van der Waals surface area contributed by atoms with Crippen molar-refractivity contribution in [2.24, 2.45) is 0 Å². The van der Waals surface area contributed by atoms with E-state index in [0.29, 0.717) is 0 Å². The van der Waals surface area contributed by atoms with Gasteiger partial charge < -0.3 is 0 Å². The summed E-state index contributed by atoms with van der Waals surface area (Å²) in [6.45, 7) is 4.48. The molecule has 0 saturated heterocycles. The topological polar surface area (TPSA) is 0 Å². The van der Waals surface area contributed by atoms with Crippen LogP contribution < -0.4 is 0 Å². The van der Waals surface area contributed by atoms with Gasteiger partial charge in [-0.15, -0.1) is 22.7 Å². The number of hydrogen-bond donors (Lipinski definition) is 0. The summed E-state index contributed by atoms with van der Waals surface area (Å²) in [6.07, 6.45) is 2.16. The molecule has 0 nitrogen and oxygen atoms in total. The summed E-state index contributed by atoms with van der Waals surface area (Å²) < 4.78 is 0. The van der Waals surface area contributed by atoms with Crippen molar-refractivity contribution in [3.8, 4) is 20.9 Å². The minimum absolute atomic E-state index is 1.08. The van der Waals surface area contributed by atoms with Crippen LogP contribution in [0.25, 0.3) is 31.7 Å². The molecule has 0 radical (unpaired) electrons. The molecule has 0 fully saturated rings. The molecule has 2 heterocycles. The smallest absolute Gasteiger partial charge is 0.0381 e. The maximum atomic E-state index is 2.29. The van der Waals surface area contributed by atoms with Crippen molar-refractivity contribution in [1.29, 1.82) is 0 Å². The Balaban J connectivity index is 2.06. The standard InChI is InChI=1S/C22H20S2/c1-3-15-11-13-23-21(15)18-9-5-7-17-8-6-10-19(20(17)18)22-16(4-2)12-14-24-22/h5-14H,3-4H2,1-2H3. The van der Waals surface area contributed by atoms with E-state index in [4.69, 9.17) is 0 Å². The number of thiophene rings is 2. The Morgan fingerprint density at radius 1 is 0.667 bits per heavy atom. The maximum absolute atomic E-state index is 2.29. The van der Waals surface area contributed by atoms with E-state index in [9.17, 15) is 0 Å². The van der Waals surface area contributed by atoms with Gasteiger partial charge in [0.2, 0.25) is 0 Å². The highest BCUT2D eigenvalue weighted by Crippen LogP contribution is 2.42. The zero-order valence-corrected chi connectivity index (χ0v) is 15.6. The Morgan fingerprint density at radius 2 is 1.17 bits per heavy atom. The lowest BCUT2D eigenvalue weighted by Crippen LogP contribution is -1.88. The van der Waals surface area contributed by atoms with Gasteiger partial charge in [-0.1, -0.05) is 50.2 Å². The largest absolute Gasteiger partial charge is 0.144 e. The van der Waals surface area contributed by atoms with Crippen molar-refractivity contribution in [3.05, 3.63) is 70.4 Å². The van der Waals surface area contributed by atoms with E-state index in [-0.39, 0.29) is 0 Å². The second-order valence-electron chi connectivity index (χ2n) is 5.97. The van der Waals surface area contributed by atoms with E-state index in [0.717, 1.165) is 12.8 Å². The predicted octanol–water partition coefficient (Wildman–Crippen LogP) is 7.42. The molecule has 0 unspecified atom stereocenters. The summed E-state index contributed by atoms with van der Waals surface area (Å²) in [5.41, 5.74) is 5.66. The number of fused-ring (bicyclic) bond motifs is 1. The molecule has 4 aromatic rings. The van der Waals surface area contributed by atoms with Gasteiger partial charge in [0.25, 0.3) is 0 Å². The monoisotopic (exact) mass is 348 g/mol. The zero-order chi connectivity index (χ0) is 16.5. The average molecular weight is 349 g/mol. The van der Waals surface area contributed by atoms with Crippen molar-refractivity contribution in [2.75, 3.05) is 0 Å². The summed E-state index contributed by atoms with van der Waals surface area (Å²) in [4.78, 5) is 2.84. The lowest BCUT2D eigenvalue weighted by Gasteiger charge is -2.12. The SMILES string of the molecule is CCc1ccsc1-c1cccc2cccc(-c3sccc3CC)c12. The van der Waals surface area contributed by atoms with E-state index < -0.39 is 0 Å². The molecule has 24 heavy (non-hydrogen) atoms. The summed E-state index contributed by atoms with van der Waals surface area (Å²) in [6, 6.07) is 18.0. The van der Waals surface area contributed by atoms with Gasteiger partial charge in [0, 0.05) is 20.9 Å². The molecule has 2 heteroatoms. The zero-order valence-electron chi connectivity index (χ0n) is 14.0. The van der Waals surface area contributed by atoms with Crippen LogP contribution in [0.2, 0.25) is 0 Å². The van der Waals surface area contributed by atoms with Crippen LogP contribution >= 0.6 is 22.7 Å². The van der Waals surface area contributed by atoms with Crippen molar-refractivity contribution in [1.82, 2.24) is 0 Å². The predicted molar refractivity (Wildman–Crippen MR) is 109 cm³/mol. The molecule has 2 aromatic heterocycles. The van der Waals surface area contributed by atoms with Crippen molar-refractivity contribution >= 4 is 33.4 Å². The molecule has 0 N–H and O–H groups in total. The van der Waals surface area contributed by atoms with Crippen molar-refractivity contribution in [3.63, 3.8) is 0 Å². The molecule has 4 rings (SSSR count). The van der Waals surface area contributed by atoms with Crippen LogP contribution in [0.15, 0.2) is 59.3 Å². The first kappa shape index (κ1) is 15.6. The van der Waals surface area contributed by atoms with E-state index in [1.54, 1.807) is 0 Å². The molecule has 0 amide bonds. The summed E-state index contributed by atoms with van der Waals surface area (Å²) in [5.74, 6) is 0. The normalized spacial score (nSPS) is 11.2. The minimum atomic E-state index is 1.08. The maximum Gasteiger partial charge on any atom is 0.0381 e. The first-order valence-corrected chi connectivity index (χ1v) is 10.2. The Bertz CT molecular complexity index is 911. The van der Waals surface area contributed by atoms with Crippen molar-refractivity contribution in [2.45, 2.75) is 26.7 Å². The van der Waals surface area contributed by atoms with Crippen LogP contribution in [0.5, 0.6) is 0 Å². The van der Waals surface area contributed by atoms with Gasteiger partial charge in [-0.2, -0.15) is 0 Å². The first-order valence-electron chi connectivity index (χ1n) is 8.48. The fraction of sp³-hybridized carbons (Fsp3) is 0.182. The Labute approximate surface area is 151 Å². The Morgan fingerprint density at radius 3 is 1.62 bits per heavy atom. The summed E-state index contributed by atoms with van der Waals surface area (Å²) in [5, 5.41) is 7.17. The van der Waals surface area contributed by atoms with Crippen LogP contribution in [-0.2, 0) is 12.8 Å². The minimum Gasteiger partial charge on any atom is -0.144 e. The number of hydrogen-bond acceptors (Lipinski definition) is 2. The van der Waals surface area contributed by atoms with Crippen LogP contribution in [0.4, 0.5) is 0 Å². The van der Waals surface area contributed by atoms with Crippen LogP contribution in [-0.4, -0.2) is 0 Å². The molecule has 0 aliphatic rings. The van der Waals surface area contributed by atoms with E-state index >= 15 is 0 Å². The highest BCUT2D eigenvalue weighted by molar-refractivity contribution is 7.14. The fourth-order valence-electron chi connectivity index (χ4n) is 3.42. The number of benzene rings is 2. The number of rotatable bonds is 4. The van der Waals surface area contributed by atoms with E-state index in [1.807, 2.05) is 22.7 Å². The third-order valence-electron chi connectivity index (χ3n) is 4.65. The van der Waals surface area contributed by atoms with Crippen LogP contribution in [0.1, 0.15) is 25.0 Å². The third-order valence-corrected chi connectivity index (χ3v) is 6.63. The lowest BCUT2D eigenvalue weighted by molar-refractivity contribution is 1.16. The molecule has 0 saturated carbocycles. The van der Waals surface area contributed by atoms with Gasteiger partial charge in [0.05, 0.1) is 0 Å².